The highest BCUT2D eigenvalue weighted by atomic mass is 16.2. The van der Waals surface area contributed by atoms with Gasteiger partial charge in [0.15, 0.2) is 5.82 Å². The van der Waals surface area contributed by atoms with E-state index in [0.717, 1.165) is 69.0 Å². The molecule has 0 atom stereocenters. The summed E-state index contributed by atoms with van der Waals surface area (Å²) in [7, 11) is 5.82. The Morgan fingerprint density at radius 1 is 0.902 bits per heavy atom. The summed E-state index contributed by atoms with van der Waals surface area (Å²) in [6.07, 6.45) is 3.73. The van der Waals surface area contributed by atoms with Crippen molar-refractivity contribution in [1.82, 2.24) is 24.7 Å². The molecule has 0 spiro atoms. The number of nitrogens with zero attached hydrogens (tertiary/aromatic N) is 7. The van der Waals surface area contributed by atoms with E-state index in [9.17, 15) is 9.59 Å². The van der Waals surface area contributed by atoms with Crippen LogP contribution in [0.5, 0.6) is 0 Å². The molecule has 1 N–H and O–H groups in total. The van der Waals surface area contributed by atoms with E-state index in [0.29, 0.717) is 34.6 Å². The van der Waals surface area contributed by atoms with Crippen LogP contribution in [0.2, 0.25) is 0 Å². The van der Waals surface area contributed by atoms with Crippen molar-refractivity contribution in [3.8, 4) is 0 Å². The molecule has 0 aliphatic carbocycles. The average molecular weight is 555 g/mol. The minimum atomic E-state index is -0.102. The van der Waals surface area contributed by atoms with E-state index in [2.05, 4.69) is 27.1 Å². The van der Waals surface area contributed by atoms with Gasteiger partial charge in [-0.15, -0.1) is 0 Å². The first-order chi connectivity index (χ1) is 19.8. The molecular formula is C31H38N8O2. The molecule has 0 saturated carbocycles. The smallest absolute Gasteiger partial charge is 0.260 e. The minimum Gasteiger partial charge on any atom is -0.339 e. The van der Waals surface area contributed by atoms with Gasteiger partial charge in [0.25, 0.3) is 11.8 Å². The zero-order valence-electron chi connectivity index (χ0n) is 24.3. The zero-order valence-corrected chi connectivity index (χ0v) is 24.3. The number of carbonyl (C=O) groups excluding carboxylic acids is 2. The molecule has 2 saturated heterocycles. The van der Waals surface area contributed by atoms with Crippen LogP contribution in [0.25, 0.3) is 0 Å². The third kappa shape index (κ3) is 5.25. The van der Waals surface area contributed by atoms with E-state index in [1.807, 2.05) is 66.2 Å². The number of amides is 2. The summed E-state index contributed by atoms with van der Waals surface area (Å²) >= 11 is 0. The van der Waals surface area contributed by atoms with Crippen LogP contribution in [0.15, 0.2) is 48.7 Å². The molecule has 6 rings (SSSR count). The van der Waals surface area contributed by atoms with Gasteiger partial charge in [0.2, 0.25) is 5.95 Å². The second-order valence-corrected chi connectivity index (χ2v) is 11.4. The SMILES string of the molecule is Cc1cc(C(=O)N2CCC(N3CCN(C)CC3)CC2)ccc1Nc1ncc2c(n1)N(C)c1ccccc1C(=O)N2C. The maximum Gasteiger partial charge on any atom is 0.260 e. The van der Waals surface area contributed by atoms with Gasteiger partial charge in [-0.25, -0.2) is 4.98 Å². The second-order valence-electron chi connectivity index (χ2n) is 11.4. The molecule has 10 nitrogen and oxygen atoms in total. The largest absolute Gasteiger partial charge is 0.339 e. The summed E-state index contributed by atoms with van der Waals surface area (Å²) in [4.78, 5) is 46.2. The van der Waals surface area contributed by atoms with Crippen LogP contribution in [0.3, 0.4) is 0 Å². The predicted molar refractivity (Wildman–Crippen MR) is 162 cm³/mol. The molecule has 10 heteroatoms. The second kappa shape index (κ2) is 11.1. The number of hydrogen-bond acceptors (Lipinski definition) is 8. The van der Waals surface area contributed by atoms with Crippen LogP contribution in [-0.4, -0.2) is 103 Å². The van der Waals surface area contributed by atoms with Crippen molar-refractivity contribution in [2.75, 3.05) is 75.5 Å². The number of carbonyl (C=O) groups is 2. The molecule has 41 heavy (non-hydrogen) atoms. The molecule has 2 fully saturated rings. The number of fused-ring (bicyclic) bond motifs is 2. The molecule has 2 amide bonds. The lowest BCUT2D eigenvalue weighted by molar-refractivity contribution is 0.0518. The van der Waals surface area contributed by atoms with Gasteiger partial charge >= 0.3 is 0 Å². The van der Waals surface area contributed by atoms with Crippen LogP contribution in [0.1, 0.15) is 39.1 Å². The highest BCUT2D eigenvalue weighted by molar-refractivity contribution is 6.13. The Kier molecular flexibility index (Phi) is 7.35. The van der Waals surface area contributed by atoms with Crippen molar-refractivity contribution in [3.63, 3.8) is 0 Å². The summed E-state index contributed by atoms with van der Waals surface area (Å²) < 4.78 is 0. The summed E-state index contributed by atoms with van der Waals surface area (Å²) in [5.41, 5.74) is 4.51. The van der Waals surface area contributed by atoms with Gasteiger partial charge in [0, 0.05) is 70.7 Å². The molecule has 214 valence electrons. The fourth-order valence-corrected chi connectivity index (χ4v) is 6.12. The monoisotopic (exact) mass is 554 g/mol. The summed E-state index contributed by atoms with van der Waals surface area (Å²) in [6.45, 7) is 8.06. The molecule has 4 heterocycles. The molecule has 3 aromatic rings. The fraction of sp³-hybridized carbons (Fsp3) is 0.419. The lowest BCUT2D eigenvalue weighted by Gasteiger charge is -2.42. The number of hydrogen-bond donors (Lipinski definition) is 1. The number of para-hydroxylation sites is 1. The topological polar surface area (TPSA) is 88.1 Å². The van der Waals surface area contributed by atoms with Crippen molar-refractivity contribution in [3.05, 3.63) is 65.4 Å². The molecular weight excluding hydrogens is 516 g/mol. The first-order valence-electron chi connectivity index (χ1n) is 14.4. The third-order valence-electron chi connectivity index (χ3n) is 8.76. The van der Waals surface area contributed by atoms with E-state index < -0.39 is 0 Å². The first kappa shape index (κ1) is 27.2. The Labute approximate surface area is 241 Å². The number of aryl methyl sites for hydroxylation is 1. The quantitative estimate of drug-likeness (QED) is 0.522. The Morgan fingerprint density at radius 2 is 1.63 bits per heavy atom. The molecule has 0 radical (unpaired) electrons. The minimum absolute atomic E-state index is 0.0887. The van der Waals surface area contributed by atoms with Crippen molar-refractivity contribution < 1.29 is 9.59 Å². The molecule has 1 aromatic heterocycles. The van der Waals surface area contributed by atoms with Crippen molar-refractivity contribution in [2.24, 2.45) is 0 Å². The molecule has 3 aliphatic rings. The Hall–Kier alpha value is -4.02. The van der Waals surface area contributed by atoms with Gasteiger partial charge in [0.1, 0.15) is 5.69 Å². The van der Waals surface area contributed by atoms with Gasteiger partial charge in [-0.2, -0.15) is 4.98 Å². The standard InChI is InChI=1S/C31H38N8O2/c1-21-19-22(29(40)39-13-11-23(12-14-39)38-17-15-35(2)16-18-38)9-10-25(21)33-31-32-20-27-28(34-31)36(3)26-8-6-5-7-24(26)30(41)37(27)4/h5-10,19-20,23H,11-18H2,1-4H3,(H,32,33,34). The summed E-state index contributed by atoms with van der Waals surface area (Å²) in [5.74, 6) is 1.04. The summed E-state index contributed by atoms with van der Waals surface area (Å²) in [5, 5.41) is 3.32. The van der Waals surface area contributed by atoms with E-state index in [4.69, 9.17) is 4.98 Å². The summed E-state index contributed by atoms with van der Waals surface area (Å²) in [6, 6.07) is 13.8. The number of anilines is 5. The number of likely N-dealkylation sites (tertiary alicyclic amines) is 1. The number of likely N-dealkylation sites (N-methyl/N-ethyl adjacent to an activating group) is 1. The Morgan fingerprint density at radius 3 is 2.37 bits per heavy atom. The Balaban J connectivity index is 1.14. The Bertz CT molecular complexity index is 1460. The van der Waals surface area contributed by atoms with Gasteiger partial charge in [0.05, 0.1) is 17.4 Å². The van der Waals surface area contributed by atoms with Crippen LogP contribution in [0.4, 0.5) is 28.8 Å². The third-order valence-corrected chi connectivity index (χ3v) is 8.76. The maximum absolute atomic E-state index is 13.4. The molecule has 0 bridgehead atoms. The fourth-order valence-electron chi connectivity index (χ4n) is 6.12. The van der Waals surface area contributed by atoms with Gasteiger partial charge in [-0.1, -0.05) is 12.1 Å². The van der Waals surface area contributed by atoms with E-state index in [1.54, 1.807) is 18.1 Å². The molecule has 0 unspecified atom stereocenters. The van der Waals surface area contributed by atoms with Crippen LogP contribution in [-0.2, 0) is 0 Å². The van der Waals surface area contributed by atoms with Crippen molar-refractivity contribution in [2.45, 2.75) is 25.8 Å². The predicted octanol–water partition coefficient (Wildman–Crippen LogP) is 3.74. The normalized spacial score (nSPS) is 18.6. The van der Waals surface area contributed by atoms with E-state index in [-0.39, 0.29) is 11.8 Å². The highest BCUT2D eigenvalue weighted by Gasteiger charge is 2.30. The van der Waals surface area contributed by atoms with E-state index in [1.165, 1.54) is 0 Å². The molecule has 2 aromatic carbocycles. The van der Waals surface area contributed by atoms with Gasteiger partial charge in [-0.05, 0) is 62.7 Å². The number of rotatable bonds is 4. The zero-order chi connectivity index (χ0) is 28.7. The number of nitrogens with one attached hydrogen (secondary N) is 1. The van der Waals surface area contributed by atoms with E-state index >= 15 is 0 Å². The highest BCUT2D eigenvalue weighted by Crippen LogP contribution is 2.38. The maximum atomic E-state index is 13.4. The number of piperazine rings is 1. The lowest BCUT2D eigenvalue weighted by atomic mass is 10.0. The number of piperidine rings is 1. The number of benzene rings is 2. The van der Waals surface area contributed by atoms with Crippen LogP contribution < -0.4 is 15.1 Å². The first-order valence-corrected chi connectivity index (χ1v) is 14.4. The van der Waals surface area contributed by atoms with Crippen molar-refractivity contribution >= 4 is 40.6 Å². The van der Waals surface area contributed by atoms with Crippen molar-refractivity contribution in [1.29, 1.82) is 0 Å². The van der Waals surface area contributed by atoms with Gasteiger partial charge < -0.3 is 24.9 Å². The average Bonchev–Trinajstić information content (AvgIpc) is 3.08. The molecule has 3 aliphatic heterocycles. The lowest BCUT2D eigenvalue weighted by Crippen LogP contribution is -2.52. The number of aromatic nitrogens is 2. The van der Waals surface area contributed by atoms with Crippen LogP contribution >= 0.6 is 0 Å². The van der Waals surface area contributed by atoms with Gasteiger partial charge in [-0.3, -0.25) is 14.5 Å². The van der Waals surface area contributed by atoms with Crippen LogP contribution in [0, 0.1) is 6.92 Å².